The van der Waals surface area contributed by atoms with Crippen LogP contribution in [0.25, 0.3) is 0 Å². The lowest BCUT2D eigenvalue weighted by Gasteiger charge is -2.21. The number of sulfonamides is 1. The fraction of sp³-hybridized carbons (Fsp3) is 0.600. The van der Waals surface area contributed by atoms with Gasteiger partial charge in [-0.15, -0.1) is 11.6 Å². The molecule has 2 rings (SSSR count). The predicted octanol–water partition coefficient (Wildman–Crippen LogP) is 3.28. The van der Waals surface area contributed by atoms with Crippen molar-refractivity contribution in [2.24, 2.45) is 5.92 Å². The third-order valence-electron chi connectivity index (χ3n) is 3.86. The summed E-state index contributed by atoms with van der Waals surface area (Å²) in [7, 11) is -3.35. The average molecular weight is 316 g/mol. The second-order valence-corrected chi connectivity index (χ2v) is 7.97. The first-order valence-corrected chi connectivity index (χ1v) is 9.09. The first-order valence-electron chi connectivity index (χ1n) is 7.12. The highest BCUT2D eigenvalue weighted by atomic mass is 35.5. The molecule has 0 radical (unpaired) electrons. The van der Waals surface area contributed by atoms with E-state index in [1.807, 2.05) is 19.1 Å². The number of alkyl halides is 1. The van der Waals surface area contributed by atoms with E-state index in [0.717, 1.165) is 24.8 Å². The first-order chi connectivity index (χ1) is 9.45. The number of aryl methyl sites for hydroxylation is 1. The molecule has 5 heteroatoms. The maximum Gasteiger partial charge on any atom is 0.243 e. The molecule has 2 unspecified atom stereocenters. The largest absolute Gasteiger partial charge is 0.243 e. The Morgan fingerprint density at radius 1 is 1.25 bits per heavy atom. The van der Waals surface area contributed by atoms with E-state index < -0.39 is 10.0 Å². The number of nitrogens with zero attached hydrogens (tertiary/aromatic N) is 1. The van der Waals surface area contributed by atoms with Crippen LogP contribution in [0.1, 0.15) is 32.3 Å². The molecule has 0 spiro atoms. The van der Waals surface area contributed by atoms with Crippen LogP contribution in [0, 0.1) is 5.92 Å². The van der Waals surface area contributed by atoms with Crippen molar-refractivity contribution in [3.05, 3.63) is 29.8 Å². The van der Waals surface area contributed by atoms with E-state index in [0.29, 0.717) is 23.2 Å². The van der Waals surface area contributed by atoms with Crippen molar-refractivity contribution in [2.45, 2.75) is 44.0 Å². The molecule has 1 aliphatic rings. The Morgan fingerprint density at radius 3 is 2.40 bits per heavy atom. The number of hydrogen-bond donors (Lipinski definition) is 0. The van der Waals surface area contributed by atoms with Gasteiger partial charge in [0, 0.05) is 18.5 Å². The molecular formula is C15H22ClNO2S. The van der Waals surface area contributed by atoms with Crippen LogP contribution in [-0.4, -0.2) is 31.2 Å². The van der Waals surface area contributed by atoms with Gasteiger partial charge in [0.15, 0.2) is 0 Å². The van der Waals surface area contributed by atoms with E-state index in [-0.39, 0.29) is 6.04 Å². The predicted molar refractivity (Wildman–Crippen MR) is 82.6 cm³/mol. The lowest BCUT2D eigenvalue weighted by molar-refractivity contribution is 0.405. The molecule has 1 aliphatic heterocycles. The normalized spacial score (nSPS) is 24.1. The SMILES string of the molecule is CC1CC(C)N(S(=O)(=O)c2ccc(CCCCl)cc2)C1. The third-order valence-corrected chi connectivity index (χ3v) is 6.12. The van der Waals surface area contributed by atoms with Crippen molar-refractivity contribution < 1.29 is 8.42 Å². The number of rotatable bonds is 5. The second kappa shape index (κ2) is 6.46. The van der Waals surface area contributed by atoms with Gasteiger partial charge in [-0.05, 0) is 49.8 Å². The Bertz CT molecular complexity index is 541. The van der Waals surface area contributed by atoms with Crippen LogP contribution in [0.4, 0.5) is 0 Å². The van der Waals surface area contributed by atoms with E-state index in [4.69, 9.17) is 11.6 Å². The van der Waals surface area contributed by atoms with Gasteiger partial charge >= 0.3 is 0 Å². The maximum atomic E-state index is 12.6. The third kappa shape index (κ3) is 3.35. The molecular weight excluding hydrogens is 294 g/mol. The first kappa shape index (κ1) is 15.8. The lowest BCUT2D eigenvalue weighted by atomic mass is 10.1. The Kier molecular flexibility index (Phi) is 5.10. The standard InChI is InChI=1S/C15H22ClNO2S/c1-12-10-13(2)17(11-12)20(18,19)15-7-5-14(6-8-15)4-3-9-16/h5-8,12-13H,3-4,9-11H2,1-2H3. The highest BCUT2D eigenvalue weighted by Gasteiger charge is 2.35. The van der Waals surface area contributed by atoms with Gasteiger partial charge < -0.3 is 0 Å². The zero-order chi connectivity index (χ0) is 14.8. The van der Waals surface area contributed by atoms with Crippen LogP contribution in [0.3, 0.4) is 0 Å². The van der Waals surface area contributed by atoms with Gasteiger partial charge in [-0.2, -0.15) is 4.31 Å². The van der Waals surface area contributed by atoms with Crippen molar-refractivity contribution in [1.29, 1.82) is 0 Å². The second-order valence-electron chi connectivity index (χ2n) is 5.70. The van der Waals surface area contributed by atoms with Gasteiger partial charge in [0.05, 0.1) is 4.90 Å². The molecule has 0 saturated carbocycles. The summed E-state index contributed by atoms with van der Waals surface area (Å²) in [6.45, 7) is 4.70. The summed E-state index contributed by atoms with van der Waals surface area (Å²) in [5.41, 5.74) is 1.13. The molecule has 1 heterocycles. The molecule has 0 amide bonds. The minimum Gasteiger partial charge on any atom is -0.207 e. The summed E-state index contributed by atoms with van der Waals surface area (Å²) >= 11 is 5.67. The summed E-state index contributed by atoms with van der Waals surface area (Å²) in [4.78, 5) is 0.396. The molecule has 0 aliphatic carbocycles. The fourth-order valence-corrected chi connectivity index (χ4v) is 4.73. The Morgan fingerprint density at radius 2 is 1.90 bits per heavy atom. The van der Waals surface area contributed by atoms with Gasteiger partial charge in [-0.25, -0.2) is 8.42 Å². The summed E-state index contributed by atoms with van der Waals surface area (Å²) in [5, 5.41) is 0. The van der Waals surface area contributed by atoms with Crippen LogP contribution in [0.2, 0.25) is 0 Å². The molecule has 1 aromatic carbocycles. The summed E-state index contributed by atoms with van der Waals surface area (Å²) in [6.07, 6.45) is 2.74. The van der Waals surface area contributed by atoms with Gasteiger partial charge in [0.2, 0.25) is 10.0 Å². The Balaban J connectivity index is 2.17. The van der Waals surface area contributed by atoms with Crippen LogP contribution in [0.15, 0.2) is 29.2 Å². The van der Waals surface area contributed by atoms with Crippen molar-refractivity contribution in [2.75, 3.05) is 12.4 Å². The van der Waals surface area contributed by atoms with Crippen molar-refractivity contribution >= 4 is 21.6 Å². The van der Waals surface area contributed by atoms with Crippen LogP contribution in [0.5, 0.6) is 0 Å². The van der Waals surface area contributed by atoms with Crippen LogP contribution < -0.4 is 0 Å². The van der Waals surface area contributed by atoms with Crippen molar-refractivity contribution in [3.63, 3.8) is 0 Å². The topological polar surface area (TPSA) is 37.4 Å². The quantitative estimate of drug-likeness (QED) is 0.782. The molecule has 1 saturated heterocycles. The molecule has 20 heavy (non-hydrogen) atoms. The zero-order valence-electron chi connectivity index (χ0n) is 12.0. The summed E-state index contributed by atoms with van der Waals surface area (Å²) < 4.78 is 26.9. The van der Waals surface area contributed by atoms with Crippen molar-refractivity contribution in [3.8, 4) is 0 Å². The van der Waals surface area contributed by atoms with E-state index in [1.165, 1.54) is 0 Å². The summed E-state index contributed by atoms with van der Waals surface area (Å²) in [6, 6.07) is 7.31. The molecule has 1 fully saturated rings. The molecule has 2 atom stereocenters. The van der Waals surface area contributed by atoms with Crippen molar-refractivity contribution in [1.82, 2.24) is 4.31 Å². The van der Waals surface area contributed by atoms with Crippen LogP contribution in [-0.2, 0) is 16.4 Å². The average Bonchev–Trinajstić information content (AvgIpc) is 2.76. The lowest BCUT2D eigenvalue weighted by Crippen LogP contribution is -2.33. The number of hydrogen-bond acceptors (Lipinski definition) is 2. The van der Waals surface area contributed by atoms with Crippen LogP contribution >= 0.6 is 11.6 Å². The van der Waals surface area contributed by atoms with E-state index in [2.05, 4.69) is 6.92 Å². The fourth-order valence-electron chi connectivity index (χ4n) is 2.83. The van der Waals surface area contributed by atoms with E-state index >= 15 is 0 Å². The molecule has 0 N–H and O–H groups in total. The smallest absolute Gasteiger partial charge is 0.207 e. The highest BCUT2D eigenvalue weighted by molar-refractivity contribution is 7.89. The zero-order valence-corrected chi connectivity index (χ0v) is 13.6. The van der Waals surface area contributed by atoms with Gasteiger partial charge in [0.1, 0.15) is 0 Å². The number of halogens is 1. The monoisotopic (exact) mass is 315 g/mol. The van der Waals surface area contributed by atoms with E-state index in [1.54, 1.807) is 16.4 Å². The Labute approximate surface area is 127 Å². The molecule has 112 valence electrons. The molecule has 1 aromatic rings. The Hall–Kier alpha value is -0.580. The highest BCUT2D eigenvalue weighted by Crippen LogP contribution is 2.29. The minimum atomic E-state index is -3.35. The van der Waals surface area contributed by atoms with Gasteiger partial charge in [0.25, 0.3) is 0 Å². The molecule has 0 bridgehead atoms. The summed E-state index contributed by atoms with van der Waals surface area (Å²) in [5.74, 6) is 1.06. The van der Waals surface area contributed by atoms with Gasteiger partial charge in [-0.1, -0.05) is 19.1 Å². The minimum absolute atomic E-state index is 0.0888. The number of benzene rings is 1. The van der Waals surface area contributed by atoms with Gasteiger partial charge in [-0.3, -0.25) is 0 Å². The molecule has 3 nitrogen and oxygen atoms in total. The maximum absolute atomic E-state index is 12.6. The van der Waals surface area contributed by atoms with E-state index in [9.17, 15) is 8.42 Å². The molecule has 0 aromatic heterocycles.